The lowest BCUT2D eigenvalue weighted by Gasteiger charge is -2.18. The van der Waals surface area contributed by atoms with Crippen molar-refractivity contribution in [2.24, 2.45) is 5.92 Å². The van der Waals surface area contributed by atoms with Crippen molar-refractivity contribution in [1.82, 2.24) is 5.32 Å². The average molecular weight is 241 g/mol. The third-order valence-corrected chi connectivity index (χ3v) is 3.88. The molecule has 0 amide bonds. The summed E-state index contributed by atoms with van der Waals surface area (Å²) in [5.74, 6) is 0.958. The van der Waals surface area contributed by atoms with Gasteiger partial charge in [0.2, 0.25) is 0 Å². The Balaban J connectivity index is 2.08. The Morgan fingerprint density at radius 2 is 1.94 bits per heavy atom. The minimum Gasteiger partial charge on any atom is -0.365 e. The van der Waals surface area contributed by atoms with Crippen molar-refractivity contribution < 1.29 is 4.74 Å². The smallest absolute Gasteiger partial charge is 0.0968 e. The molecule has 0 aliphatic carbocycles. The van der Waals surface area contributed by atoms with Crippen LogP contribution in [0.5, 0.6) is 0 Å². The fourth-order valence-electron chi connectivity index (χ4n) is 2.76. The van der Waals surface area contributed by atoms with E-state index in [1.54, 1.807) is 0 Å². The Labute approximate surface area is 108 Å². The molecule has 1 saturated heterocycles. The number of nitrogens with one attached hydrogen (secondary N) is 1. The maximum absolute atomic E-state index is 5.35. The molecule has 2 heteroatoms. The third kappa shape index (κ3) is 7.05. The van der Waals surface area contributed by atoms with Gasteiger partial charge in [-0.25, -0.2) is 0 Å². The number of hydrogen-bond acceptors (Lipinski definition) is 2. The van der Waals surface area contributed by atoms with Crippen LogP contribution in [-0.4, -0.2) is 19.4 Å². The minimum atomic E-state index is 0.630. The predicted molar refractivity (Wildman–Crippen MR) is 74.1 cm³/mol. The largest absolute Gasteiger partial charge is 0.365 e. The van der Waals surface area contributed by atoms with Gasteiger partial charge in [-0.15, -0.1) is 0 Å². The first-order valence-corrected chi connectivity index (χ1v) is 7.68. The van der Waals surface area contributed by atoms with Crippen molar-refractivity contribution in [3.8, 4) is 0 Å². The molecule has 1 heterocycles. The first kappa shape index (κ1) is 15.0. The maximum Gasteiger partial charge on any atom is 0.0968 e. The van der Waals surface area contributed by atoms with Gasteiger partial charge in [0.05, 0.1) is 13.3 Å². The average Bonchev–Trinajstić information content (AvgIpc) is 2.84. The highest BCUT2D eigenvalue weighted by atomic mass is 16.5. The quantitative estimate of drug-likeness (QED) is 0.581. The van der Waals surface area contributed by atoms with Crippen molar-refractivity contribution in [3.05, 3.63) is 0 Å². The van der Waals surface area contributed by atoms with E-state index in [4.69, 9.17) is 4.74 Å². The standard InChI is InChI=1S/C15H31NO/c1-3-5-6-7-9-14(8-4-2)10-11-15-12-17-13-16-15/h14-16H,3-13H2,1-2H3. The Morgan fingerprint density at radius 3 is 2.59 bits per heavy atom. The fourth-order valence-corrected chi connectivity index (χ4v) is 2.76. The predicted octanol–water partition coefficient (Wildman–Crippen LogP) is 4.10. The van der Waals surface area contributed by atoms with Crippen LogP contribution in [0.3, 0.4) is 0 Å². The van der Waals surface area contributed by atoms with E-state index in [1.165, 1.54) is 57.8 Å². The number of ether oxygens (including phenoxy) is 1. The van der Waals surface area contributed by atoms with E-state index in [1.807, 2.05) is 0 Å². The number of hydrogen-bond donors (Lipinski definition) is 1. The van der Waals surface area contributed by atoms with Crippen LogP contribution < -0.4 is 5.32 Å². The second-order valence-electron chi connectivity index (χ2n) is 5.50. The van der Waals surface area contributed by atoms with E-state index in [2.05, 4.69) is 19.2 Å². The number of rotatable bonds is 10. The highest BCUT2D eigenvalue weighted by Crippen LogP contribution is 2.22. The van der Waals surface area contributed by atoms with E-state index in [-0.39, 0.29) is 0 Å². The second kappa shape index (κ2) is 9.90. The lowest BCUT2D eigenvalue weighted by Crippen LogP contribution is -2.24. The first-order chi connectivity index (χ1) is 8.36. The topological polar surface area (TPSA) is 21.3 Å². The van der Waals surface area contributed by atoms with Gasteiger partial charge in [-0.1, -0.05) is 58.8 Å². The highest BCUT2D eigenvalue weighted by molar-refractivity contribution is 4.71. The summed E-state index contributed by atoms with van der Waals surface area (Å²) in [6.07, 6.45) is 12.5. The normalized spacial score (nSPS) is 21.9. The molecule has 0 bridgehead atoms. The number of unbranched alkanes of at least 4 members (excludes halogenated alkanes) is 3. The molecule has 0 saturated carbocycles. The van der Waals surface area contributed by atoms with Crippen LogP contribution in [0.4, 0.5) is 0 Å². The zero-order chi connectivity index (χ0) is 12.3. The summed E-state index contributed by atoms with van der Waals surface area (Å²) in [5.41, 5.74) is 0. The van der Waals surface area contributed by atoms with Crippen LogP contribution >= 0.6 is 0 Å². The van der Waals surface area contributed by atoms with E-state index < -0.39 is 0 Å². The van der Waals surface area contributed by atoms with E-state index in [0.29, 0.717) is 6.04 Å². The molecule has 17 heavy (non-hydrogen) atoms. The molecule has 2 unspecified atom stereocenters. The van der Waals surface area contributed by atoms with Gasteiger partial charge in [0.1, 0.15) is 0 Å². The molecular weight excluding hydrogens is 210 g/mol. The molecule has 0 aromatic carbocycles. The maximum atomic E-state index is 5.35. The van der Waals surface area contributed by atoms with E-state index in [0.717, 1.165) is 19.3 Å². The van der Waals surface area contributed by atoms with E-state index in [9.17, 15) is 0 Å². The summed E-state index contributed by atoms with van der Waals surface area (Å²) < 4.78 is 5.35. The lowest BCUT2D eigenvalue weighted by atomic mass is 9.90. The van der Waals surface area contributed by atoms with Gasteiger partial charge >= 0.3 is 0 Å². The van der Waals surface area contributed by atoms with Crippen molar-refractivity contribution >= 4 is 0 Å². The Morgan fingerprint density at radius 1 is 1.06 bits per heavy atom. The molecule has 1 aliphatic rings. The van der Waals surface area contributed by atoms with Crippen LogP contribution in [0.15, 0.2) is 0 Å². The zero-order valence-electron chi connectivity index (χ0n) is 11.8. The van der Waals surface area contributed by atoms with Gasteiger partial charge in [0.25, 0.3) is 0 Å². The zero-order valence-corrected chi connectivity index (χ0v) is 11.8. The van der Waals surface area contributed by atoms with Crippen molar-refractivity contribution in [3.63, 3.8) is 0 Å². The van der Waals surface area contributed by atoms with E-state index >= 15 is 0 Å². The van der Waals surface area contributed by atoms with Crippen LogP contribution in [-0.2, 0) is 4.74 Å². The summed E-state index contributed by atoms with van der Waals surface area (Å²) in [6, 6.07) is 0.630. The van der Waals surface area contributed by atoms with Gasteiger partial charge in [-0.2, -0.15) is 0 Å². The van der Waals surface area contributed by atoms with Crippen LogP contribution in [0, 0.1) is 5.92 Å². The molecule has 0 spiro atoms. The summed E-state index contributed by atoms with van der Waals surface area (Å²) >= 11 is 0. The van der Waals surface area contributed by atoms with Gasteiger partial charge in [-0.05, 0) is 18.8 Å². The molecule has 1 rings (SSSR count). The van der Waals surface area contributed by atoms with Gasteiger partial charge in [0.15, 0.2) is 0 Å². The molecule has 1 N–H and O–H groups in total. The molecule has 0 aromatic rings. The van der Waals surface area contributed by atoms with Crippen molar-refractivity contribution in [2.45, 2.75) is 77.7 Å². The summed E-state index contributed by atoms with van der Waals surface area (Å²) in [5, 5.41) is 3.41. The Bertz CT molecular complexity index is 166. The first-order valence-electron chi connectivity index (χ1n) is 7.68. The van der Waals surface area contributed by atoms with Crippen molar-refractivity contribution in [2.75, 3.05) is 13.3 Å². The van der Waals surface area contributed by atoms with Gasteiger partial charge < -0.3 is 4.74 Å². The summed E-state index contributed by atoms with van der Waals surface area (Å²) in [4.78, 5) is 0. The van der Waals surface area contributed by atoms with Crippen LogP contribution in [0.2, 0.25) is 0 Å². The molecular formula is C15H31NO. The second-order valence-corrected chi connectivity index (χ2v) is 5.50. The molecule has 2 atom stereocenters. The Hall–Kier alpha value is -0.0800. The molecule has 102 valence electrons. The monoisotopic (exact) mass is 241 g/mol. The summed E-state index contributed by atoms with van der Waals surface area (Å²) in [6.45, 7) is 6.29. The van der Waals surface area contributed by atoms with Crippen LogP contribution in [0.1, 0.15) is 71.6 Å². The summed E-state index contributed by atoms with van der Waals surface area (Å²) in [7, 11) is 0. The molecule has 1 aliphatic heterocycles. The Kier molecular flexibility index (Phi) is 8.72. The van der Waals surface area contributed by atoms with Gasteiger partial charge in [-0.3, -0.25) is 5.32 Å². The van der Waals surface area contributed by atoms with Gasteiger partial charge in [0, 0.05) is 6.04 Å². The molecule has 0 radical (unpaired) electrons. The minimum absolute atomic E-state index is 0.630. The molecule has 1 fully saturated rings. The molecule has 2 nitrogen and oxygen atoms in total. The molecule has 0 aromatic heterocycles. The lowest BCUT2D eigenvalue weighted by molar-refractivity contribution is 0.188. The highest BCUT2D eigenvalue weighted by Gasteiger charge is 2.16. The van der Waals surface area contributed by atoms with Crippen molar-refractivity contribution in [1.29, 1.82) is 0 Å². The van der Waals surface area contributed by atoms with Crippen LogP contribution in [0.25, 0.3) is 0 Å². The third-order valence-electron chi connectivity index (χ3n) is 3.88. The fraction of sp³-hybridized carbons (Fsp3) is 1.00. The SMILES string of the molecule is CCCCCCC(CCC)CCC1COCN1.